The highest BCUT2D eigenvalue weighted by molar-refractivity contribution is 5.70. The summed E-state index contributed by atoms with van der Waals surface area (Å²) in [5.74, 6) is -2.86. The van der Waals surface area contributed by atoms with Gasteiger partial charge in [0.15, 0.2) is 0 Å². The van der Waals surface area contributed by atoms with Crippen molar-refractivity contribution in [2.75, 3.05) is 26.4 Å². The van der Waals surface area contributed by atoms with Crippen LogP contribution in [0, 0.1) is 0 Å². The quantitative estimate of drug-likeness (QED) is 0.0618. The van der Waals surface area contributed by atoms with Crippen LogP contribution in [0.5, 0.6) is 0 Å². The summed E-state index contributed by atoms with van der Waals surface area (Å²) >= 11 is 0. The average Bonchev–Trinajstić information content (AvgIpc) is 3.07. The van der Waals surface area contributed by atoms with Crippen molar-refractivity contribution in [1.29, 1.82) is 0 Å². The second-order valence-electron chi connectivity index (χ2n) is 13.6. The number of ether oxygens (including phenoxy) is 3. The van der Waals surface area contributed by atoms with E-state index >= 15 is 0 Å². The van der Waals surface area contributed by atoms with Crippen LogP contribution in [0.4, 0.5) is 0 Å². The molecule has 2 aromatic rings. The molecular formula is C31H48N6O17. The number of esters is 3. The Balaban J connectivity index is 2.32. The van der Waals surface area contributed by atoms with Crippen LogP contribution in [-0.4, -0.2) is 121 Å². The molecule has 304 valence electrons. The number of rotatable bonds is 20. The van der Waals surface area contributed by atoms with Gasteiger partial charge in [-0.25, -0.2) is 56.2 Å². The van der Waals surface area contributed by atoms with Crippen molar-refractivity contribution < 1.29 is 54.1 Å². The third-order valence-electron chi connectivity index (χ3n) is 7.30. The van der Waals surface area contributed by atoms with Gasteiger partial charge < -0.3 is 39.7 Å². The molecule has 0 radical (unpaired) electrons. The number of nitrogens with zero attached hydrogens (tertiary/aromatic N) is 6. The number of aliphatic hydroxyl groups is 5. The lowest BCUT2D eigenvalue weighted by molar-refractivity contribution is -0.155. The zero-order chi connectivity index (χ0) is 41.1. The Morgan fingerprint density at radius 2 is 0.963 bits per heavy atom. The lowest BCUT2D eigenvalue weighted by Gasteiger charge is -2.20. The maximum absolute atomic E-state index is 13.3. The van der Waals surface area contributed by atoms with E-state index in [0.717, 1.165) is 0 Å². The number of carbonyl (C=O) groups excluding carboxylic acids is 3. The molecule has 2 atom stereocenters. The van der Waals surface area contributed by atoms with Gasteiger partial charge in [0.2, 0.25) is 0 Å². The second-order valence-corrected chi connectivity index (χ2v) is 13.6. The minimum absolute atomic E-state index is 0.477. The summed E-state index contributed by atoms with van der Waals surface area (Å²) < 4.78 is 18.3. The summed E-state index contributed by atoms with van der Waals surface area (Å²) in [7, 11) is 0. The van der Waals surface area contributed by atoms with Crippen LogP contribution >= 0.6 is 0 Å². The molecule has 2 unspecified atom stereocenters. The van der Waals surface area contributed by atoms with Gasteiger partial charge in [-0.15, -0.1) is 0 Å². The molecule has 0 amide bonds. The van der Waals surface area contributed by atoms with E-state index < -0.39 is 160 Å². The predicted molar refractivity (Wildman–Crippen MR) is 183 cm³/mol. The van der Waals surface area contributed by atoms with Gasteiger partial charge in [-0.2, -0.15) is 0 Å². The Morgan fingerprint density at radius 3 is 1.37 bits per heavy atom. The molecule has 2 rings (SSSR count). The summed E-state index contributed by atoms with van der Waals surface area (Å²) in [6.07, 6.45) is -5.04. The minimum atomic E-state index is -1.63. The molecule has 0 bridgehead atoms. The Bertz CT molecular complexity index is 2000. The van der Waals surface area contributed by atoms with Gasteiger partial charge >= 0.3 is 52.0 Å². The zero-order valence-electron chi connectivity index (χ0n) is 30.7. The maximum Gasteiger partial charge on any atom is 0.336 e. The van der Waals surface area contributed by atoms with E-state index in [1.165, 1.54) is 13.8 Å². The Hall–Kier alpha value is -4.97. The normalized spacial score (nSPS) is 13.0. The lowest BCUT2D eigenvalue weighted by Crippen LogP contribution is -2.56. The summed E-state index contributed by atoms with van der Waals surface area (Å²) in [5.41, 5.74) is -9.45. The van der Waals surface area contributed by atoms with Crippen LogP contribution in [-0.2, 0) is 67.9 Å². The Morgan fingerprint density at radius 1 is 0.574 bits per heavy atom. The number of hydrogen-bond donors (Lipinski definition) is 5. The van der Waals surface area contributed by atoms with Crippen molar-refractivity contribution in [3.63, 3.8) is 0 Å². The summed E-state index contributed by atoms with van der Waals surface area (Å²) in [6.45, 7) is 1.13. The molecule has 0 aliphatic carbocycles. The van der Waals surface area contributed by atoms with Crippen LogP contribution in [0.1, 0.15) is 53.9 Å². The molecule has 0 spiro atoms. The SMILES string of the molecule is CC(C)(O)Cn1c(=O)n(CCO)c(=O)n(CCOC(=O)CCn2c(=O)n(CCC(=O)OCC(O)C(O)CO)c(=O)n(CCC(=O)OC(C)(C)C)c2=O)c1=O. The van der Waals surface area contributed by atoms with Gasteiger partial charge in [0.1, 0.15) is 31.0 Å². The Labute approximate surface area is 305 Å². The second kappa shape index (κ2) is 19.4. The van der Waals surface area contributed by atoms with Crippen LogP contribution in [0.2, 0.25) is 0 Å². The minimum Gasteiger partial charge on any atom is -0.464 e. The topological polar surface area (TPSA) is 312 Å². The number of aromatic nitrogens is 6. The molecule has 0 saturated heterocycles. The van der Waals surface area contributed by atoms with Crippen molar-refractivity contribution in [2.24, 2.45) is 0 Å². The highest BCUT2D eigenvalue weighted by atomic mass is 16.6. The van der Waals surface area contributed by atoms with Crippen LogP contribution in [0.25, 0.3) is 0 Å². The molecule has 0 aliphatic rings. The number of hydrogen-bond acceptors (Lipinski definition) is 17. The van der Waals surface area contributed by atoms with Crippen molar-refractivity contribution in [2.45, 2.75) is 117 Å². The van der Waals surface area contributed by atoms with Crippen molar-refractivity contribution in [1.82, 2.24) is 27.4 Å². The van der Waals surface area contributed by atoms with Gasteiger partial charge in [-0.3, -0.25) is 14.4 Å². The predicted octanol–water partition coefficient (Wildman–Crippen LogP) is -5.57. The monoisotopic (exact) mass is 776 g/mol. The van der Waals surface area contributed by atoms with Crippen LogP contribution in [0.3, 0.4) is 0 Å². The first-order valence-electron chi connectivity index (χ1n) is 16.7. The molecule has 0 fully saturated rings. The third-order valence-corrected chi connectivity index (χ3v) is 7.30. The molecular weight excluding hydrogens is 728 g/mol. The van der Waals surface area contributed by atoms with E-state index in [1.54, 1.807) is 20.8 Å². The first-order valence-corrected chi connectivity index (χ1v) is 16.7. The van der Waals surface area contributed by atoms with Gasteiger partial charge in [0, 0.05) is 19.6 Å². The van der Waals surface area contributed by atoms with E-state index in [9.17, 15) is 63.6 Å². The van der Waals surface area contributed by atoms with E-state index in [-0.39, 0.29) is 0 Å². The van der Waals surface area contributed by atoms with Crippen LogP contribution < -0.4 is 34.1 Å². The molecule has 5 N–H and O–H groups in total. The first-order chi connectivity index (χ1) is 25.0. The maximum atomic E-state index is 13.3. The van der Waals surface area contributed by atoms with E-state index in [2.05, 4.69) is 0 Å². The van der Waals surface area contributed by atoms with Gasteiger partial charge in [0.25, 0.3) is 0 Å². The molecule has 2 aromatic heterocycles. The average molecular weight is 777 g/mol. The van der Waals surface area contributed by atoms with Crippen molar-refractivity contribution in [3.05, 3.63) is 62.9 Å². The van der Waals surface area contributed by atoms with E-state index in [0.29, 0.717) is 27.4 Å². The van der Waals surface area contributed by atoms with Crippen molar-refractivity contribution in [3.8, 4) is 0 Å². The highest BCUT2D eigenvalue weighted by Gasteiger charge is 2.24. The molecule has 23 heteroatoms. The van der Waals surface area contributed by atoms with Gasteiger partial charge in [0.05, 0.1) is 57.7 Å². The standard InChI is InChI=1S/C31H48N6O17/c1-30(2,3)54-23(44)8-11-34-25(46)32(24(45)33(26(34)47)10-7-22(43)53-17-20(41)19(40)16-39)9-6-21(42)52-15-13-36-27(48)35(12-14-38)28(49)37(29(36)50)18-31(4,5)51/h19-20,38-41,51H,6-18H2,1-5H3. The smallest absolute Gasteiger partial charge is 0.336 e. The summed E-state index contributed by atoms with van der Waals surface area (Å²) in [6, 6.07) is 0. The fourth-order valence-electron chi connectivity index (χ4n) is 4.75. The first kappa shape index (κ1) is 45.2. The fraction of sp³-hybridized carbons (Fsp3) is 0.710. The molecule has 23 nitrogen and oxygen atoms in total. The molecule has 0 saturated carbocycles. The number of carbonyl (C=O) groups is 3. The highest BCUT2D eigenvalue weighted by Crippen LogP contribution is 2.08. The van der Waals surface area contributed by atoms with Crippen molar-refractivity contribution >= 4 is 17.9 Å². The number of aliphatic hydroxyl groups excluding tert-OH is 4. The molecule has 0 aromatic carbocycles. The van der Waals surface area contributed by atoms with E-state index in [1.807, 2.05) is 0 Å². The zero-order valence-corrected chi connectivity index (χ0v) is 30.7. The lowest BCUT2D eigenvalue weighted by atomic mass is 10.1. The Kier molecular flexibility index (Phi) is 16.2. The largest absolute Gasteiger partial charge is 0.464 e. The fourth-order valence-corrected chi connectivity index (χ4v) is 4.75. The molecule has 0 aliphatic heterocycles. The summed E-state index contributed by atoms with van der Waals surface area (Å²) in [4.78, 5) is 116. The van der Waals surface area contributed by atoms with Gasteiger partial charge in [-0.1, -0.05) is 0 Å². The van der Waals surface area contributed by atoms with E-state index in [4.69, 9.17) is 19.3 Å². The third kappa shape index (κ3) is 12.9. The molecule has 54 heavy (non-hydrogen) atoms. The molecule has 2 heterocycles. The van der Waals surface area contributed by atoms with Crippen LogP contribution in [0.15, 0.2) is 28.8 Å². The summed E-state index contributed by atoms with van der Waals surface area (Å²) in [5, 5.41) is 47.5. The van der Waals surface area contributed by atoms with Gasteiger partial charge in [-0.05, 0) is 34.6 Å².